The molecule has 7 nitrogen and oxygen atoms in total. The van der Waals surface area contributed by atoms with Gasteiger partial charge in [0, 0.05) is 42.5 Å². The maximum atomic E-state index is 15.2. The number of ketones is 1. The van der Waals surface area contributed by atoms with Crippen molar-refractivity contribution in [1.82, 2.24) is 14.3 Å². The first-order valence-electron chi connectivity index (χ1n) is 10.0. The van der Waals surface area contributed by atoms with Crippen molar-refractivity contribution in [1.29, 1.82) is 0 Å². The number of fused-ring (bicyclic) bond motifs is 1. The number of hydrogen-bond donors (Lipinski definition) is 2. The largest absolute Gasteiger partial charge is 0.345 e. The molecule has 4 rings (SSSR count). The van der Waals surface area contributed by atoms with Gasteiger partial charge in [-0.3, -0.25) is 9.52 Å². The molecule has 2 aromatic heterocycles. The molecule has 2 heterocycles. The molecule has 10 heteroatoms. The Morgan fingerprint density at radius 1 is 1.09 bits per heavy atom. The summed E-state index contributed by atoms with van der Waals surface area (Å²) in [6, 6.07) is 11.5. The van der Waals surface area contributed by atoms with Crippen molar-refractivity contribution in [2.75, 3.05) is 18.3 Å². The van der Waals surface area contributed by atoms with E-state index >= 15 is 4.39 Å². The Morgan fingerprint density at radius 3 is 2.52 bits per heavy atom. The van der Waals surface area contributed by atoms with Crippen LogP contribution in [0.2, 0.25) is 0 Å². The molecule has 0 aliphatic rings. The molecule has 170 valence electrons. The number of carbonyl (C=O) groups excluding carboxylic acids is 1. The number of H-pyrrole nitrogens is 1. The van der Waals surface area contributed by atoms with Gasteiger partial charge in [0.15, 0.2) is 11.6 Å². The summed E-state index contributed by atoms with van der Waals surface area (Å²) in [5.41, 5.74) is 1.33. The van der Waals surface area contributed by atoms with Crippen LogP contribution in [0.1, 0.15) is 22.8 Å². The summed E-state index contributed by atoms with van der Waals surface area (Å²) in [7, 11) is -2.61. The van der Waals surface area contributed by atoms with E-state index < -0.39 is 21.8 Å². The monoisotopic (exact) mass is 470 g/mol. The normalized spacial score (nSPS) is 11.8. The molecule has 0 unspecified atom stereocenters. The first-order chi connectivity index (χ1) is 15.7. The van der Waals surface area contributed by atoms with Crippen molar-refractivity contribution in [3.8, 4) is 11.1 Å². The number of aromatic nitrogens is 2. The number of nitrogens with one attached hydrogen (secondary N) is 2. The molecule has 0 radical (unpaired) electrons. The van der Waals surface area contributed by atoms with E-state index in [9.17, 15) is 17.6 Å². The lowest BCUT2D eigenvalue weighted by Crippen LogP contribution is -2.32. The van der Waals surface area contributed by atoms with Crippen molar-refractivity contribution in [2.45, 2.75) is 6.92 Å². The topological polar surface area (TPSA) is 95.2 Å². The molecular formula is C23H20F2N4O3S. The SMILES string of the molecule is CCN(C)S(=O)(=O)Nc1cccc(C(=O)c2c[nH]c3ncc(-c4ccc(F)cc4)cc23)c1F. The Hall–Kier alpha value is -3.63. The number of aromatic amines is 1. The lowest BCUT2D eigenvalue weighted by atomic mass is 10.0. The van der Waals surface area contributed by atoms with E-state index in [1.165, 1.54) is 43.6 Å². The molecule has 0 atom stereocenters. The molecule has 0 aliphatic carbocycles. The summed E-state index contributed by atoms with van der Waals surface area (Å²) < 4.78 is 56.2. The molecule has 2 N–H and O–H groups in total. The molecule has 0 saturated carbocycles. The fraction of sp³-hybridized carbons (Fsp3) is 0.130. The van der Waals surface area contributed by atoms with Crippen LogP contribution in [-0.4, -0.2) is 42.1 Å². The van der Waals surface area contributed by atoms with Crippen molar-refractivity contribution in [2.24, 2.45) is 0 Å². The number of nitrogens with zero attached hydrogens (tertiary/aromatic N) is 2. The minimum atomic E-state index is -3.97. The third kappa shape index (κ3) is 4.35. The van der Waals surface area contributed by atoms with Gasteiger partial charge in [-0.25, -0.2) is 13.8 Å². The van der Waals surface area contributed by atoms with Gasteiger partial charge < -0.3 is 4.98 Å². The van der Waals surface area contributed by atoms with E-state index in [1.807, 2.05) is 0 Å². The van der Waals surface area contributed by atoms with Gasteiger partial charge in [0.25, 0.3) is 0 Å². The third-order valence-electron chi connectivity index (χ3n) is 5.29. The number of pyridine rings is 1. The van der Waals surface area contributed by atoms with Crippen LogP contribution in [0.3, 0.4) is 0 Å². The van der Waals surface area contributed by atoms with Gasteiger partial charge in [-0.05, 0) is 35.9 Å². The molecule has 0 aliphatic heterocycles. The van der Waals surface area contributed by atoms with Crippen LogP contribution in [0, 0.1) is 11.6 Å². The average Bonchev–Trinajstić information content (AvgIpc) is 3.23. The second-order valence-electron chi connectivity index (χ2n) is 7.35. The zero-order valence-corrected chi connectivity index (χ0v) is 18.6. The molecule has 4 aromatic rings. The van der Waals surface area contributed by atoms with Crippen molar-refractivity contribution < 1.29 is 22.0 Å². The minimum absolute atomic E-state index is 0.172. The highest BCUT2D eigenvalue weighted by atomic mass is 32.2. The summed E-state index contributed by atoms with van der Waals surface area (Å²) in [6.07, 6.45) is 3.01. The summed E-state index contributed by atoms with van der Waals surface area (Å²) >= 11 is 0. The minimum Gasteiger partial charge on any atom is -0.345 e. The molecule has 0 spiro atoms. The Kier molecular flexibility index (Phi) is 5.96. The number of halogens is 2. The predicted octanol–water partition coefficient (Wildman–Crippen LogP) is 4.35. The summed E-state index contributed by atoms with van der Waals surface area (Å²) in [5, 5.41) is 0.456. The van der Waals surface area contributed by atoms with Crippen molar-refractivity contribution >= 4 is 32.7 Å². The first kappa shape index (κ1) is 22.6. The third-order valence-corrected chi connectivity index (χ3v) is 6.85. The van der Waals surface area contributed by atoms with Crippen LogP contribution in [0.15, 0.2) is 60.9 Å². The van der Waals surface area contributed by atoms with Gasteiger partial charge in [0.1, 0.15) is 11.5 Å². The lowest BCUT2D eigenvalue weighted by molar-refractivity contribution is 0.103. The average molecular weight is 471 g/mol. The van der Waals surface area contributed by atoms with Gasteiger partial charge in [-0.15, -0.1) is 0 Å². The summed E-state index contributed by atoms with van der Waals surface area (Å²) in [6.45, 7) is 1.83. The quantitative estimate of drug-likeness (QED) is 0.393. The molecule has 0 amide bonds. The van der Waals surface area contributed by atoms with E-state index in [2.05, 4.69) is 14.7 Å². The highest BCUT2D eigenvalue weighted by Crippen LogP contribution is 2.28. The van der Waals surface area contributed by atoms with Gasteiger partial charge in [-0.2, -0.15) is 12.7 Å². The van der Waals surface area contributed by atoms with Crippen molar-refractivity contribution in [3.05, 3.63) is 83.7 Å². The fourth-order valence-corrected chi connectivity index (χ4v) is 4.24. The number of benzene rings is 2. The van der Waals surface area contributed by atoms with Crippen molar-refractivity contribution in [3.63, 3.8) is 0 Å². The van der Waals surface area contributed by atoms with E-state index in [0.29, 0.717) is 22.2 Å². The van der Waals surface area contributed by atoms with Gasteiger partial charge in [0.05, 0.1) is 11.3 Å². The van der Waals surface area contributed by atoms with Crippen LogP contribution < -0.4 is 4.72 Å². The summed E-state index contributed by atoms with van der Waals surface area (Å²) in [4.78, 5) is 20.4. The maximum absolute atomic E-state index is 15.2. The molecule has 2 aromatic carbocycles. The van der Waals surface area contributed by atoms with E-state index in [1.54, 1.807) is 31.3 Å². The second-order valence-corrected chi connectivity index (χ2v) is 9.12. The molecule has 0 bridgehead atoms. The van der Waals surface area contributed by atoms with Crippen LogP contribution in [0.4, 0.5) is 14.5 Å². The van der Waals surface area contributed by atoms with Crippen LogP contribution in [0.25, 0.3) is 22.2 Å². The standard InChI is InChI=1S/C23H20F2N4O3S/c1-3-29(2)33(31,32)28-20-6-4-5-17(21(20)25)22(30)19-13-27-23-18(19)11-15(12-26-23)14-7-9-16(24)10-8-14/h4-13,28H,3H2,1-2H3,(H,26,27). The Bertz CT molecular complexity index is 1450. The van der Waals surface area contributed by atoms with E-state index in [4.69, 9.17) is 0 Å². The number of carbonyl (C=O) groups is 1. The van der Waals surface area contributed by atoms with E-state index in [-0.39, 0.29) is 29.2 Å². The van der Waals surface area contributed by atoms with Crippen LogP contribution >= 0.6 is 0 Å². The van der Waals surface area contributed by atoms with Crippen LogP contribution in [0.5, 0.6) is 0 Å². The summed E-state index contributed by atoms with van der Waals surface area (Å²) in [5.74, 6) is -1.99. The Balaban J connectivity index is 1.73. The number of hydrogen-bond acceptors (Lipinski definition) is 4. The lowest BCUT2D eigenvalue weighted by Gasteiger charge is -2.17. The zero-order chi connectivity index (χ0) is 23.8. The number of rotatable bonds is 7. The highest BCUT2D eigenvalue weighted by Gasteiger charge is 2.23. The number of anilines is 1. The second kappa shape index (κ2) is 8.72. The first-order valence-corrected chi connectivity index (χ1v) is 11.5. The zero-order valence-electron chi connectivity index (χ0n) is 17.8. The Labute approximate surface area is 189 Å². The molecular weight excluding hydrogens is 450 g/mol. The molecule has 33 heavy (non-hydrogen) atoms. The van der Waals surface area contributed by atoms with Gasteiger partial charge in [0.2, 0.25) is 0 Å². The highest BCUT2D eigenvalue weighted by molar-refractivity contribution is 7.90. The molecule has 0 fully saturated rings. The fourth-order valence-electron chi connectivity index (χ4n) is 3.31. The van der Waals surface area contributed by atoms with Crippen LogP contribution in [-0.2, 0) is 10.2 Å². The van der Waals surface area contributed by atoms with Gasteiger partial charge in [-0.1, -0.05) is 25.1 Å². The smallest absolute Gasteiger partial charge is 0.301 e. The van der Waals surface area contributed by atoms with E-state index in [0.717, 1.165) is 4.31 Å². The van der Waals surface area contributed by atoms with Gasteiger partial charge >= 0.3 is 10.2 Å². The predicted molar refractivity (Wildman–Crippen MR) is 122 cm³/mol. The molecule has 0 saturated heterocycles. The Morgan fingerprint density at radius 2 is 1.82 bits per heavy atom. The maximum Gasteiger partial charge on any atom is 0.301 e.